The smallest absolute Gasteiger partial charge is 0.412 e. The molecular formula is C27H37N3O4S. The number of para-hydroxylation sites is 2. The standard InChI is InChI=1S/C27H37N3O4S/c1-26(2,3)29-23(31)22(17-18-35-7)30(24(32)19-13-9-8-10-14-19)21-16-12-11-15-20(21)28-25(33)34-27(4,5)6/h8-16,22H,17-18H2,1-7H3,(H,28,33)(H,29,31). The average molecular weight is 500 g/mol. The summed E-state index contributed by atoms with van der Waals surface area (Å²) in [5.41, 5.74) is 0.0691. The molecule has 2 rings (SSSR count). The highest BCUT2D eigenvalue weighted by Crippen LogP contribution is 2.31. The van der Waals surface area contributed by atoms with E-state index in [2.05, 4.69) is 10.6 Å². The van der Waals surface area contributed by atoms with E-state index in [9.17, 15) is 14.4 Å². The largest absolute Gasteiger partial charge is 0.444 e. The maximum absolute atomic E-state index is 13.9. The maximum atomic E-state index is 13.9. The van der Waals surface area contributed by atoms with Crippen molar-refractivity contribution in [2.45, 2.75) is 65.1 Å². The van der Waals surface area contributed by atoms with Gasteiger partial charge < -0.3 is 10.1 Å². The molecule has 0 saturated carbocycles. The van der Waals surface area contributed by atoms with Crippen molar-refractivity contribution in [2.75, 3.05) is 22.2 Å². The molecule has 8 heteroatoms. The SMILES string of the molecule is CSCCC(C(=O)NC(C)(C)C)N(C(=O)c1ccccc1)c1ccccc1NC(=O)OC(C)(C)C. The zero-order valence-electron chi connectivity index (χ0n) is 21.7. The van der Waals surface area contributed by atoms with Crippen molar-refractivity contribution in [3.8, 4) is 0 Å². The number of ether oxygens (including phenoxy) is 1. The molecule has 0 spiro atoms. The molecule has 2 aromatic rings. The highest BCUT2D eigenvalue weighted by Gasteiger charge is 2.34. The monoisotopic (exact) mass is 499 g/mol. The molecule has 1 unspecified atom stereocenters. The third-order valence-electron chi connectivity index (χ3n) is 4.75. The number of amides is 3. The van der Waals surface area contributed by atoms with Gasteiger partial charge in [0, 0.05) is 11.1 Å². The second-order valence-corrected chi connectivity index (χ2v) is 11.2. The second kappa shape index (κ2) is 12.1. The van der Waals surface area contributed by atoms with Gasteiger partial charge in [0.05, 0.1) is 11.4 Å². The third-order valence-corrected chi connectivity index (χ3v) is 5.39. The molecule has 0 aromatic heterocycles. The number of anilines is 2. The van der Waals surface area contributed by atoms with E-state index in [1.54, 1.807) is 81.1 Å². The first-order valence-corrected chi connectivity index (χ1v) is 13.0. The molecule has 1 atom stereocenters. The van der Waals surface area contributed by atoms with Crippen LogP contribution in [0.15, 0.2) is 54.6 Å². The molecule has 3 amide bonds. The Kier molecular flexibility index (Phi) is 9.77. The van der Waals surface area contributed by atoms with E-state index in [1.165, 1.54) is 4.90 Å². The summed E-state index contributed by atoms with van der Waals surface area (Å²) < 4.78 is 5.42. The number of thioether (sulfide) groups is 1. The highest BCUT2D eigenvalue weighted by atomic mass is 32.2. The van der Waals surface area contributed by atoms with Crippen LogP contribution in [0.25, 0.3) is 0 Å². The number of carbonyl (C=O) groups excluding carboxylic acids is 3. The predicted octanol–water partition coefficient (Wildman–Crippen LogP) is 5.72. The normalized spacial score (nSPS) is 12.4. The van der Waals surface area contributed by atoms with Gasteiger partial charge in [-0.15, -0.1) is 0 Å². The Morgan fingerprint density at radius 3 is 2.11 bits per heavy atom. The molecule has 0 aliphatic carbocycles. The number of nitrogens with zero attached hydrogens (tertiary/aromatic N) is 1. The number of nitrogens with one attached hydrogen (secondary N) is 2. The number of rotatable bonds is 8. The van der Waals surface area contributed by atoms with Crippen molar-refractivity contribution >= 4 is 41.0 Å². The molecular weight excluding hydrogens is 462 g/mol. The van der Waals surface area contributed by atoms with Crippen LogP contribution in [-0.2, 0) is 9.53 Å². The van der Waals surface area contributed by atoms with Gasteiger partial charge in [-0.1, -0.05) is 30.3 Å². The Bertz CT molecular complexity index is 1010. The van der Waals surface area contributed by atoms with Gasteiger partial charge in [-0.05, 0) is 84.2 Å². The second-order valence-electron chi connectivity index (χ2n) is 10.2. The van der Waals surface area contributed by atoms with Crippen LogP contribution in [-0.4, -0.2) is 47.1 Å². The first kappa shape index (κ1) is 28.2. The van der Waals surface area contributed by atoms with Crippen LogP contribution in [0.5, 0.6) is 0 Å². The Hall–Kier alpha value is -3.00. The van der Waals surface area contributed by atoms with Gasteiger partial charge in [0.15, 0.2) is 0 Å². The number of carbonyl (C=O) groups is 3. The van der Waals surface area contributed by atoms with Crippen LogP contribution < -0.4 is 15.5 Å². The van der Waals surface area contributed by atoms with E-state index in [1.807, 2.05) is 33.1 Å². The number of hydrogen-bond acceptors (Lipinski definition) is 5. The molecule has 0 aliphatic heterocycles. The lowest BCUT2D eigenvalue weighted by atomic mass is 10.0. The van der Waals surface area contributed by atoms with Crippen LogP contribution in [0.3, 0.4) is 0 Å². The van der Waals surface area contributed by atoms with Crippen LogP contribution in [0.2, 0.25) is 0 Å². The fourth-order valence-electron chi connectivity index (χ4n) is 3.40. The van der Waals surface area contributed by atoms with Crippen molar-refractivity contribution in [1.29, 1.82) is 0 Å². The summed E-state index contributed by atoms with van der Waals surface area (Å²) in [6, 6.07) is 15.0. The van der Waals surface area contributed by atoms with E-state index in [0.717, 1.165) is 0 Å². The molecule has 35 heavy (non-hydrogen) atoms. The van der Waals surface area contributed by atoms with Crippen LogP contribution in [0.4, 0.5) is 16.2 Å². The van der Waals surface area contributed by atoms with E-state index in [0.29, 0.717) is 29.1 Å². The zero-order valence-corrected chi connectivity index (χ0v) is 22.5. The summed E-state index contributed by atoms with van der Waals surface area (Å²) in [6.45, 7) is 11.0. The quantitative estimate of drug-likeness (QED) is 0.485. The summed E-state index contributed by atoms with van der Waals surface area (Å²) in [5.74, 6) is 0.0738. The van der Waals surface area contributed by atoms with Gasteiger partial charge in [0.1, 0.15) is 11.6 Å². The Morgan fingerprint density at radius 1 is 0.943 bits per heavy atom. The van der Waals surface area contributed by atoms with Crippen molar-refractivity contribution in [1.82, 2.24) is 5.32 Å². The minimum atomic E-state index is -0.795. The van der Waals surface area contributed by atoms with E-state index >= 15 is 0 Å². The minimum absolute atomic E-state index is 0.261. The highest BCUT2D eigenvalue weighted by molar-refractivity contribution is 7.98. The predicted molar refractivity (Wildman–Crippen MR) is 144 cm³/mol. The Morgan fingerprint density at radius 2 is 1.54 bits per heavy atom. The number of hydrogen-bond donors (Lipinski definition) is 2. The Labute approximate surface area is 213 Å². The molecule has 0 heterocycles. The van der Waals surface area contributed by atoms with E-state index in [4.69, 9.17) is 4.74 Å². The average Bonchev–Trinajstić information content (AvgIpc) is 2.75. The number of benzene rings is 2. The van der Waals surface area contributed by atoms with E-state index < -0.39 is 23.3 Å². The molecule has 2 N–H and O–H groups in total. The maximum Gasteiger partial charge on any atom is 0.412 e. The summed E-state index contributed by atoms with van der Waals surface area (Å²) in [4.78, 5) is 41.5. The van der Waals surface area contributed by atoms with Crippen molar-refractivity contribution in [3.63, 3.8) is 0 Å². The van der Waals surface area contributed by atoms with Crippen molar-refractivity contribution in [2.24, 2.45) is 0 Å². The molecule has 0 bridgehead atoms. The van der Waals surface area contributed by atoms with Crippen molar-refractivity contribution in [3.05, 3.63) is 60.2 Å². The first-order chi connectivity index (χ1) is 16.3. The molecule has 2 aromatic carbocycles. The van der Waals surface area contributed by atoms with E-state index in [-0.39, 0.29) is 11.8 Å². The van der Waals surface area contributed by atoms with Crippen LogP contribution in [0.1, 0.15) is 58.3 Å². The van der Waals surface area contributed by atoms with Gasteiger partial charge in [-0.25, -0.2) is 4.79 Å². The summed E-state index contributed by atoms with van der Waals surface area (Å²) in [6.07, 6.45) is 1.75. The molecule has 190 valence electrons. The van der Waals surface area contributed by atoms with Crippen molar-refractivity contribution < 1.29 is 19.1 Å². The zero-order chi connectivity index (χ0) is 26.2. The van der Waals surface area contributed by atoms with Gasteiger partial charge in [-0.2, -0.15) is 11.8 Å². The lowest BCUT2D eigenvalue weighted by Gasteiger charge is -2.34. The molecule has 0 radical (unpaired) electrons. The molecule has 0 fully saturated rings. The minimum Gasteiger partial charge on any atom is -0.444 e. The topological polar surface area (TPSA) is 87.7 Å². The van der Waals surface area contributed by atoms with Gasteiger partial charge >= 0.3 is 6.09 Å². The fourth-order valence-corrected chi connectivity index (χ4v) is 3.86. The van der Waals surface area contributed by atoms with Crippen LogP contribution in [0, 0.1) is 0 Å². The first-order valence-electron chi connectivity index (χ1n) is 11.6. The van der Waals surface area contributed by atoms with Gasteiger partial charge in [0.2, 0.25) is 5.91 Å². The summed E-state index contributed by atoms with van der Waals surface area (Å²) in [5, 5.41) is 5.78. The Balaban J connectivity index is 2.61. The fraction of sp³-hybridized carbons (Fsp3) is 0.444. The third kappa shape index (κ3) is 8.94. The summed E-state index contributed by atoms with van der Waals surface area (Å²) >= 11 is 1.60. The molecule has 0 saturated heterocycles. The molecule has 0 aliphatic rings. The lowest BCUT2D eigenvalue weighted by molar-refractivity contribution is -0.123. The summed E-state index contributed by atoms with van der Waals surface area (Å²) in [7, 11) is 0. The van der Waals surface area contributed by atoms with Gasteiger partial charge in [0.25, 0.3) is 5.91 Å². The van der Waals surface area contributed by atoms with Gasteiger partial charge in [-0.3, -0.25) is 19.8 Å². The molecule has 7 nitrogen and oxygen atoms in total. The lowest BCUT2D eigenvalue weighted by Crippen LogP contribution is -2.54. The van der Waals surface area contributed by atoms with Crippen LogP contribution >= 0.6 is 11.8 Å².